The number of hydrogen-bond acceptors (Lipinski definition) is 8. The molecule has 0 aromatic heterocycles. The lowest BCUT2D eigenvalue weighted by Gasteiger charge is -2.39. The molecule has 9 nitrogen and oxygen atoms in total. The second kappa shape index (κ2) is 14.5. The molecule has 1 heterocycles. The molecule has 0 saturated carbocycles. The fourth-order valence-electron chi connectivity index (χ4n) is 4.34. The summed E-state index contributed by atoms with van der Waals surface area (Å²) in [6.45, 7) is 10.7. The van der Waals surface area contributed by atoms with Crippen LogP contribution >= 0.6 is 12.2 Å². The third-order valence-electron chi connectivity index (χ3n) is 6.02. The maximum absolute atomic E-state index is 14.1. The lowest BCUT2D eigenvalue weighted by molar-refractivity contribution is -0.145. The zero-order chi connectivity index (χ0) is 30.1. The Bertz CT molecular complexity index is 1370. The van der Waals surface area contributed by atoms with Crippen LogP contribution in [-0.2, 0) is 23.9 Å². The molecule has 0 fully saturated rings. The monoisotopic (exact) mass is 580 g/mol. The van der Waals surface area contributed by atoms with Gasteiger partial charge in [0.05, 0.1) is 24.9 Å². The van der Waals surface area contributed by atoms with Gasteiger partial charge in [-0.3, -0.25) is 9.69 Å². The molecule has 0 bridgehead atoms. The minimum Gasteiger partial charge on any atom is -0.491 e. The van der Waals surface area contributed by atoms with Crippen LogP contribution in [0.25, 0.3) is 6.08 Å². The van der Waals surface area contributed by atoms with Gasteiger partial charge in [0, 0.05) is 22.4 Å². The van der Waals surface area contributed by atoms with E-state index in [2.05, 4.69) is 5.32 Å². The normalized spacial score (nSPS) is 15.4. The third-order valence-corrected chi connectivity index (χ3v) is 6.32. The molecule has 1 atom stereocenters. The van der Waals surface area contributed by atoms with Crippen molar-refractivity contribution in [2.45, 2.75) is 53.7 Å². The first kappa shape index (κ1) is 31.3. The number of thiocarbonyl (C=S) groups is 1. The Kier molecular flexibility index (Phi) is 11.0. The first-order chi connectivity index (χ1) is 19.6. The van der Waals surface area contributed by atoms with E-state index in [1.54, 1.807) is 70.2 Å². The maximum Gasteiger partial charge on any atom is 0.344 e. The van der Waals surface area contributed by atoms with Crippen LogP contribution in [0.4, 0.5) is 0 Å². The van der Waals surface area contributed by atoms with Crippen molar-refractivity contribution in [1.29, 1.82) is 0 Å². The van der Waals surface area contributed by atoms with Gasteiger partial charge in [-0.05, 0) is 72.0 Å². The van der Waals surface area contributed by atoms with Gasteiger partial charge in [-0.15, -0.1) is 0 Å². The van der Waals surface area contributed by atoms with E-state index in [0.717, 1.165) is 0 Å². The summed E-state index contributed by atoms with van der Waals surface area (Å²) in [6.07, 6.45) is 1.49. The number of ether oxygens (including phenoxy) is 4. The number of carbonyl (C=O) groups excluding carboxylic acids is 3. The fourth-order valence-corrected chi connectivity index (χ4v) is 4.68. The lowest BCUT2D eigenvalue weighted by Crippen LogP contribution is -2.51. The lowest BCUT2D eigenvalue weighted by atomic mass is 9.92. The number of benzene rings is 2. The van der Waals surface area contributed by atoms with Crippen LogP contribution in [0.1, 0.15) is 58.7 Å². The summed E-state index contributed by atoms with van der Waals surface area (Å²) in [6, 6.07) is 13.3. The van der Waals surface area contributed by atoms with Crippen molar-refractivity contribution in [3.05, 3.63) is 76.5 Å². The second-order valence-corrected chi connectivity index (χ2v) is 9.82. The molecule has 0 spiro atoms. The smallest absolute Gasteiger partial charge is 0.344 e. The van der Waals surface area contributed by atoms with E-state index in [0.29, 0.717) is 33.9 Å². The summed E-state index contributed by atoms with van der Waals surface area (Å²) >= 11 is 5.66. The first-order valence-electron chi connectivity index (χ1n) is 13.4. The van der Waals surface area contributed by atoms with Crippen LogP contribution in [0, 0.1) is 0 Å². The van der Waals surface area contributed by atoms with Crippen LogP contribution in [0.3, 0.4) is 0 Å². The van der Waals surface area contributed by atoms with Gasteiger partial charge in [-0.1, -0.05) is 36.4 Å². The standard InChI is InChI=1S/C31H36N2O7S/c1-7-37-26(34)18-39-24-15-11-9-13-22(24)17-20(5)29(35)33-28(23-14-10-12-16-25(23)40-19(3)4)27(30(36)38-8-2)21(6)32-31(33)41/h9-17,19,28H,7-8,18H2,1-6H3,(H,32,41)/b20-17+/t28-/m0/s1. The molecule has 0 radical (unpaired) electrons. The zero-order valence-electron chi connectivity index (χ0n) is 24.2. The Morgan fingerprint density at radius 3 is 2.29 bits per heavy atom. The molecule has 0 aliphatic carbocycles. The molecular weight excluding hydrogens is 544 g/mol. The quantitative estimate of drug-likeness (QED) is 0.221. The number of allylic oxidation sites excluding steroid dienone is 1. The van der Waals surface area contributed by atoms with Crippen LogP contribution < -0.4 is 14.8 Å². The van der Waals surface area contributed by atoms with Crippen molar-refractivity contribution in [2.75, 3.05) is 19.8 Å². The van der Waals surface area contributed by atoms with E-state index >= 15 is 0 Å². The van der Waals surface area contributed by atoms with Gasteiger partial charge in [0.25, 0.3) is 5.91 Å². The van der Waals surface area contributed by atoms with Crippen molar-refractivity contribution in [3.63, 3.8) is 0 Å². The molecule has 10 heteroatoms. The van der Waals surface area contributed by atoms with E-state index < -0.39 is 23.9 Å². The summed E-state index contributed by atoms with van der Waals surface area (Å²) < 4.78 is 22.1. The number of hydrogen-bond donors (Lipinski definition) is 1. The minimum absolute atomic E-state index is 0.129. The van der Waals surface area contributed by atoms with Gasteiger partial charge >= 0.3 is 11.9 Å². The van der Waals surface area contributed by atoms with Crippen molar-refractivity contribution in [1.82, 2.24) is 10.2 Å². The molecule has 1 N–H and O–H groups in total. The summed E-state index contributed by atoms with van der Waals surface area (Å²) in [7, 11) is 0. The number of para-hydroxylation sites is 2. The molecule has 1 amide bonds. The highest BCUT2D eigenvalue weighted by molar-refractivity contribution is 7.80. The SMILES string of the molecule is CCOC(=O)COc1ccccc1/C=C(\C)C(=O)N1C(=S)NC(C)=C(C(=O)OCC)[C@@H]1c1ccccc1OC(C)C. The average Bonchev–Trinajstić information content (AvgIpc) is 2.92. The molecule has 0 saturated heterocycles. The van der Waals surface area contributed by atoms with Crippen molar-refractivity contribution in [2.24, 2.45) is 0 Å². The summed E-state index contributed by atoms with van der Waals surface area (Å²) in [5, 5.41) is 3.13. The number of nitrogens with zero attached hydrogens (tertiary/aromatic N) is 1. The van der Waals surface area contributed by atoms with Crippen LogP contribution in [0.5, 0.6) is 11.5 Å². The highest BCUT2D eigenvalue weighted by Gasteiger charge is 2.41. The highest BCUT2D eigenvalue weighted by Crippen LogP contribution is 2.40. The Balaban J connectivity index is 2.09. The number of rotatable bonds is 11. The van der Waals surface area contributed by atoms with Gasteiger partial charge in [-0.25, -0.2) is 9.59 Å². The molecule has 1 aliphatic heterocycles. The van der Waals surface area contributed by atoms with Gasteiger partial charge in [0.1, 0.15) is 17.5 Å². The van der Waals surface area contributed by atoms with Gasteiger partial charge < -0.3 is 24.3 Å². The predicted octanol–water partition coefficient (Wildman–Crippen LogP) is 5.11. The molecule has 3 rings (SSSR count). The zero-order valence-corrected chi connectivity index (χ0v) is 25.0. The first-order valence-corrected chi connectivity index (χ1v) is 13.8. The van der Waals surface area contributed by atoms with Crippen molar-refractivity contribution >= 4 is 41.3 Å². The molecule has 0 unspecified atom stereocenters. The highest BCUT2D eigenvalue weighted by atomic mass is 32.1. The Hall–Kier alpha value is -4.18. The van der Waals surface area contributed by atoms with Crippen LogP contribution in [0.2, 0.25) is 0 Å². The van der Waals surface area contributed by atoms with Gasteiger partial charge in [-0.2, -0.15) is 0 Å². The third kappa shape index (κ3) is 7.73. The molecular formula is C31H36N2O7S. The van der Waals surface area contributed by atoms with E-state index in [1.165, 1.54) is 4.90 Å². The summed E-state index contributed by atoms with van der Waals surface area (Å²) in [4.78, 5) is 40.6. The topological polar surface area (TPSA) is 103 Å². The number of carbonyl (C=O) groups is 3. The predicted molar refractivity (Wildman–Crippen MR) is 159 cm³/mol. The minimum atomic E-state index is -0.913. The summed E-state index contributed by atoms with van der Waals surface area (Å²) in [5.74, 6) is -0.586. The van der Waals surface area contributed by atoms with Gasteiger partial charge in [0.15, 0.2) is 11.7 Å². The Morgan fingerprint density at radius 2 is 1.63 bits per heavy atom. The fraction of sp³-hybridized carbons (Fsp3) is 0.355. The summed E-state index contributed by atoms with van der Waals surface area (Å²) in [5.41, 5.74) is 2.22. The molecule has 1 aliphatic rings. The maximum atomic E-state index is 14.1. The van der Waals surface area contributed by atoms with E-state index in [1.807, 2.05) is 26.0 Å². The molecule has 218 valence electrons. The molecule has 41 heavy (non-hydrogen) atoms. The second-order valence-electron chi connectivity index (χ2n) is 9.43. The number of amides is 1. The Labute approximate surface area is 246 Å². The molecule has 2 aromatic rings. The Morgan fingerprint density at radius 1 is 1.00 bits per heavy atom. The van der Waals surface area contributed by atoms with E-state index in [4.69, 9.17) is 31.2 Å². The largest absolute Gasteiger partial charge is 0.491 e. The van der Waals surface area contributed by atoms with E-state index in [-0.39, 0.29) is 36.6 Å². The van der Waals surface area contributed by atoms with Gasteiger partial charge in [0.2, 0.25) is 0 Å². The van der Waals surface area contributed by atoms with E-state index in [9.17, 15) is 14.4 Å². The van der Waals surface area contributed by atoms with Crippen molar-refractivity contribution < 1.29 is 33.3 Å². The van der Waals surface area contributed by atoms with Crippen LogP contribution in [0.15, 0.2) is 65.4 Å². The van der Waals surface area contributed by atoms with Crippen molar-refractivity contribution in [3.8, 4) is 11.5 Å². The van der Waals surface area contributed by atoms with Crippen LogP contribution in [-0.4, -0.2) is 53.8 Å². The average molecular weight is 581 g/mol. The molecule has 2 aromatic carbocycles. The number of nitrogens with one attached hydrogen (secondary N) is 1. The number of esters is 2.